The van der Waals surface area contributed by atoms with Crippen molar-refractivity contribution in [1.29, 1.82) is 0 Å². The van der Waals surface area contributed by atoms with Crippen LogP contribution in [0.4, 0.5) is 0 Å². The summed E-state index contributed by atoms with van der Waals surface area (Å²) in [4.78, 5) is 10.5. The number of hydrogen-bond donors (Lipinski definition) is 0. The van der Waals surface area contributed by atoms with Crippen LogP contribution in [0.3, 0.4) is 0 Å². The van der Waals surface area contributed by atoms with Crippen molar-refractivity contribution in [3.63, 3.8) is 0 Å². The van der Waals surface area contributed by atoms with E-state index in [1.807, 2.05) is 0 Å². The zero-order valence-electron chi connectivity index (χ0n) is 4.69. The summed E-state index contributed by atoms with van der Waals surface area (Å²) in [5, 5.41) is 0. The lowest BCUT2D eigenvalue weighted by Gasteiger charge is -1.87. The van der Waals surface area contributed by atoms with E-state index in [1.54, 1.807) is 6.08 Å². The molecule has 0 heterocycles. The lowest BCUT2D eigenvalue weighted by molar-refractivity contribution is -0.117. The van der Waals surface area contributed by atoms with Gasteiger partial charge in [0.1, 0.15) is 5.78 Å². The molecule has 0 aromatic carbocycles. The molecule has 0 rings (SSSR count). The van der Waals surface area contributed by atoms with Gasteiger partial charge in [0.2, 0.25) is 0 Å². The highest BCUT2D eigenvalue weighted by Crippen LogP contribution is 1.91. The van der Waals surface area contributed by atoms with Crippen molar-refractivity contribution in [3.05, 3.63) is 12.7 Å². The molecule has 0 aliphatic rings. The largest absolute Gasteiger partial charge is 0.299 e. The van der Waals surface area contributed by atoms with E-state index in [-0.39, 0.29) is 5.78 Å². The van der Waals surface area contributed by atoms with Crippen molar-refractivity contribution >= 4 is 17.4 Å². The second-order valence-electron chi connectivity index (χ2n) is 1.47. The molecule has 0 amide bonds. The van der Waals surface area contributed by atoms with E-state index in [2.05, 4.69) is 6.58 Å². The molecule has 0 fully saturated rings. The van der Waals surface area contributed by atoms with Gasteiger partial charge in [0.25, 0.3) is 0 Å². The van der Waals surface area contributed by atoms with Crippen molar-refractivity contribution in [1.82, 2.24) is 0 Å². The molecule has 0 N–H and O–H groups in total. The van der Waals surface area contributed by atoms with Crippen LogP contribution in [0, 0.1) is 0 Å². The number of hydrogen-bond acceptors (Lipinski definition) is 1. The summed E-state index contributed by atoms with van der Waals surface area (Å²) in [6.45, 7) is 3.42. The summed E-state index contributed by atoms with van der Waals surface area (Å²) < 4.78 is 0. The number of halogens is 1. The summed E-state index contributed by atoms with van der Waals surface area (Å²) in [7, 11) is 0. The average molecular weight is 133 g/mol. The molecule has 1 nitrogen and oxygen atoms in total. The van der Waals surface area contributed by atoms with E-state index >= 15 is 0 Å². The standard InChI is InChI=1S/C6H9ClO/c1-2-3-6(8)4-5-7/h2H,1,3-5H2. The highest BCUT2D eigenvalue weighted by molar-refractivity contribution is 6.19. The Morgan fingerprint density at radius 2 is 2.38 bits per heavy atom. The van der Waals surface area contributed by atoms with Gasteiger partial charge >= 0.3 is 0 Å². The first-order chi connectivity index (χ1) is 3.81. The molecule has 8 heavy (non-hydrogen) atoms. The van der Waals surface area contributed by atoms with Crippen LogP contribution in [0.1, 0.15) is 12.8 Å². The maximum absolute atomic E-state index is 10.5. The highest BCUT2D eigenvalue weighted by atomic mass is 35.5. The second-order valence-corrected chi connectivity index (χ2v) is 1.85. The van der Waals surface area contributed by atoms with E-state index in [1.165, 1.54) is 0 Å². The van der Waals surface area contributed by atoms with Crippen molar-refractivity contribution < 1.29 is 4.79 Å². The molecule has 0 aliphatic heterocycles. The van der Waals surface area contributed by atoms with Gasteiger partial charge in [-0.1, -0.05) is 6.08 Å². The quantitative estimate of drug-likeness (QED) is 0.421. The van der Waals surface area contributed by atoms with Gasteiger partial charge in [-0.15, -0.1) is 18.2 Å². The van der Waals surface area contributed by atoms with Crippen LogP contribution in [0.25, 0.3) is 0 Å². The van der Waals surface area contributed by atoms with Crippen LogP contribution >= 0.6 is 11.6 Å². The van der Waals surface area contributed by atoms with Gasteiger partial charge in [0, 0.05) is 18.7 Å². The van der Waals surface area contributed by atoms with Crippen molar-refractivity contribution in [2.45, 2.75) is 12.8 Å². The van der Waals surface area contributed by atoms with Crippen LogP contribution in [-0.2, 0) is 4.79 Å². The minimum absolute atomic E-state index is 0.162. The predicted molar refractivity (Wildman–Crippen MR) is 35.2 cm³/mol. The van der Waals surface area contributed by atoms with Gasteiger partial charge in [-0.3, -0.25) is 4.79 Å². The van der Waals surface area contributed by atoms with Crippen molar-refractivity contribution in [2.75, 3.05) is 5.88 Å². The predicted octanol–water partition coefficient (Wildman–Crippen LogP) is 1.76. The Kier molecular flexibility index (Phi) is 4.67. The molecule has 0 aromatic rings. The number of Topliss-reactive ketones (excluding diaryl/α,β-unsaturated/α-hetero) is 1. The molecule has 0 atom stereocenters. The Morgan fingerprint density at radius 3 is 2.75 bits per heavy atom. The third-order valence-electron chi connectivity index (χ3n) is 0.745. The topological polar surface area (TPSA) is 17.1 Å². The minimum Gasteiger partial charge on any atom is -0.299 e. The second kappa shape index (κ2) is 4.85. The Labute approximate surface area is 54.3 Å². The normalized spacial score (nSPS) is 8.62. The average Bonchev–Trinajstić information content (AvgIpc) is 1.68. The molecule has 0 saturated heterocycles. The molecular formula is C6H9ClO. The number of alkyl halides is 1. The van der Waals surface area contributed by atoms with Crippen LogP contribution < -0.4 is 0 Å². The molecule has 46 valence electrons. The van der Waals surface area contributed by atoms with E-state index in [4.69, 9.17) is 11.6 Å². The first-order valence-electron chi connectivity index (χ1n) is 2.49. The van der Waals surface area contributed by atoms with Gasteiger partial charge in [0.15, 0.2) is 0 Å². The molecule has 0 bridgehead atoms. The molecule has 0 aromatic heterocycles. The van der Waals surface area contributed by atoms with E-state index in [9.17, 15) is 4.79 Å². The molecular weight excluding hydrogens is 124 g/mol. The Morgan fingerprint density at radius 1 is 1.75 bits per heavy atom. The Balaban J connectivity index is 3.18. The van der Waals surface area contributed by atoms with Crippen LogP contribution in [-0.4, -0.2) is 11.7 Å². The first-order valence-corrected chi connectivity index (χ1v) is 3.03. The summed E-state index contributed by atoms with van der Waals surface area (Å²) in [5.41, 5.74) is 0. The lowest BCUT2D eigenvalue weighted by Crippen LogP contribution is -1.94. The van der Waals surface area contributed by atoms with E-state index in [0.29, 0.717) is 18.7 Å². The molecule has 0 aliphatic carbocycles. The van der Waals surface area contributed by atoms with Crippen LogP contribution in [0.2, 0.25) is 0 Å². The first kappa shape index (κ1) is 7.70. The number of carbonyl (C=O) groups is 1. The maximum atomic E-state index is 10.5. The van der Waals surface area contributed by atoms with Gasteiger partial charge in [-0.25, -0.2) is 0 Å². The summed E-state index contributed by atoms with van der Waals surface area (Å²) in [5.74, 6) is 0.585. The number of carbonyl (C=O) groups excluding carboxylic acids is 1. The fraction of sp³-hybridized carbons (Fsp3) is 0.500. The summed E-state index contributed by atoms with van der Waals surface area (Å²) >= 11 is 5.28. The molecule has 0 radical (unpaired) electrons. The monoisotopic (exact) mass is 132 g/mol. The molecule has 0 saturated carbocycles. The fourth-order valence-corrected chi connectivity index (χ4v) is 0.579. The van der Waals surface area contributed by atoms with Crippen molar-refractivity contribution in [2.24, 2.45) is 0 Å². The zero-order valence-corrected chi connectivity index (χ0v) is 5.45. The molecule has 0 spiro atoms. The molecule has 2 heteroatoms. The number of ketones is 1. The third kappa shape index (κ3) is 3.88. The number of rotatable bonds is 4. The van der Waals surface area contributed by atoms with Gasteiger partial charge in [0.05, 0.1) is 0 Å². The van der Waals surface area contributed by atoms with E-state index in [0.717, 1.165) is 0 Å². The lowest BCUT2D eigenvalue weighted by atomic mass is 10.2. The number of allylic oxidation sites excluding steroid dienone is 1. The highest BCUT2D eigenvalue weighted by Gasteiger charge is 1.94. The summed E-state index contributed by atoms with van der Waals surface area (Å²) in [6.07, 6.45) is 2.51. The van der Waals surface area contributed by atoms with Crippen LogP contribution in [0.15, 0.2) is 12.7 Å². The van der Waals surface area contributed by atoms with E-state index < -0.39 is 0 Å². The van der Waals surface area contributed by atoms with Crippen LogP contribution in [0.5, 0.6) is 0 Å². The Bertz CT molecular complexity index is 88.5. The fourth-order valence-electron chi connectivity index (χ4n) is 0.368. The summed E-state index contributed by atoms with van der Waals surface area (Å²) in [6, 6.07) is 0. The minimum atomic E-state index is 0.162. The van der Waals surface area contributed by atoms with Gasteiger partial charge in [-0.2, -0.15) is 0 Å². The zero-order chi connectivity index (χ0) is 6.41. The SMILES string of the molecule is C=CCC(=O)CCCl. The molecule has 0 unspecified atom stereocenters. The Hall–Kier alpha value is -0.300. The smallest absolute Gasteiger partial charge is 0.137 e. The maximum Gasteiger partial charge on any atom is 0.137 e. The van der Waals surface area contributed by atoms with Gasteiger partial charge < -0.3 is 0 Å². The van der Waals surface area contributed by atoms with Crippen molar-refractivity contribution in [3.8, 4) is 0 Å². The third-order valence-corrected chi connectivity index (χ3v) is 0.934. The van der Waals surface area contributed by atoms with Gasteiger partial charge in [-0.05, 0) is 0 Å².